The van der Waals surface area contributed by atoms with Crippen LogP contribution in [0.3, 0.4) is 0 Å². The predicted molar refractivity (Wildman–Crippen MR) is 119 cm³/mol. The van der Waals surface area contributed by atoms with Crippen LogP contribution in [0, 0.1) is 11.6 Å². The quantitative estimate of drug-likeness (QED) is 0.596. The molecule has 3 aromatic rings. The number of nitrogens with zero attached hydrogens (tertiary/aromatic N) is 3. The minimum Gasteiger partial charge on any atom is -0.351 e. The van der Waals surface area contributed by atoms with Gasteiger partial charge in [0.05, 0.1) is 11.9 Å². The summed E-state index contributed by atoms with van der Waals surface area (Å²) in [6.45, 7) is 0. The lowest BCUT2D eigenvalue weighted by molar-refractivity contribution is -0.123. The fraction of sp³-hybridized carbons (Fsp3) is 0.280. The molecule has 1 fully saturated rings. The van der Waals surface area contributed by atoms with Crippen molar-refractivity contribution in [3.8, 4) is 0 Å². The van der Waals surface area contributed by atoms with Gasteiger partial charge in [0.1, 0.15) is 23.4 Å². The van der Waals surface area contributed by atoms with E-state index in [4.69, 9.17) is 0 Å². The van der Waals surface area contributed by atoms with Gasteiger partial charge in [0.25, 0.3) is 5.91 Å². The van der Waals surface area contributed by atoms with Crippen LogP contribution in [0.15, 0.2) is 67.1 Å². The number of hydrogen-bond acceptors (Lipinski definition) is 4. The molecule has 1 saturated carbocycles. The first-order chi connectivity index (χ1) is 16.0. The molecule has 0 radical (unpaired) electrons. The molecule has 1 N–H and O–H groups in total. The third kappa shape index (κ3) is 5.22. The van der Waals surface area contributed by atoms with Crippen LogP contribution >= 0.6 is 0 Å². The number of aromatic nitrogens is 2. The fourth-order valence-corrected chi connectivity index (χ4v) is 4.14. The van der Waals surface area contributed by atoms with E-state index in [0.29, 0.717) is 5.56 Å². The van der Waals surface area contributed by atoms with Gasteiger partial charge in [-0.15, -0.1) is 0 Å². The molecule has 0 saturated heterocycles. The van der Waals surface area contributed by atoms with E-state index in [1.165, 1.54) is 61.1 Å². The zero-order valence-electron chi connectivity index (χ0n) is 18.0. The van der Waals surface area contributed by atoms with Crippen molar-refractivity contribution in [1.29, 1.82) is 0 Å². The highest BCUT2D eigenvalue weighted by Crippen LogP contribution is 2.32. The summed E-state index contributed by atoms with van der Waals surface area (Å²) < 4.78 is 28.6. The molecular formula is C25H24F2N4O2. The highest BCUT2D eigenvalue weighted by molar-refractivity contribution is 6.09. The summed E-state index contributed by atoms with van der Waals surface area (Å²) in [6, 6.07) is 9.72. The molecule has 1 unspecified atom stereocenters. The van der Waals surface area contributed by atoms with E-state index in [-0.39, 0.29) is 17.4 Å². The van der Waals surface area contributed by atoms with Crippen molar-refractivity contribution >= 4 is 17.5 Å². The van der Waals surface area contributed by atoms with E-state index in [2.05, 4.69) is 15.3 Å². The second-order valence-corrected chi connectivity index (χ2v) is 8.01. The Morgan fingerprint density at radius 1 is 0.970 bits per heavy atom. The molecular weight excluding hydrogens is 426 g/mol. The summed E-state index contributed by atoms with van der Waals surface area (Å²) in [6.07, 6.45) is 8.80. The monoisotopic (exact) mass is 450 g/mol. The Kier molecular flexibility index (Phi) is 7.02. The maximum Gasteiger partial charge on any atom is 0.279 e. The number of rotatable bonds is 6. The number of para-hydroxylation sites is 1. The molecule has 2 aromatic carbocycles. The number of carbonyl (C=O) groups excluding carboxylic acids is 2. The SMILES string of the molecule is O=C(NC1CCCCC1)C(c1ccc(F)cc1)N(C(=O)c1cnccn1)c1ccccc1F. The van der Waals surface area contributed by atoms with Gasteiger partial charge in [0.2, 0.25) is 5.91 Å². The van der Waals surface area contributed by atoms with Gasteiger partial charge in [-0.2, -0.15) is 0 Å². The topological polar surface area (TPSA) is 75.2 Å². The van der Waals surface area contributed by atoms with Gasteiger partial charge in [-0.1, -0.05) is 43.5 Å². The van der Waals surface area contributed by atoms with Crippen molar-refractivity contribution in [2.24, 2.45) is 0 Å². The van der Waals surface area contributed by atoms with Crippen LogP contribution in [0.25, 0.3) is 0 Å². The van der Waals surface area contributed by atoms with Crippen molar-refractivity contribution in [2.45, 2.75) is 44.2 Å². The van der Waals surface area contributed by atoms with Gasteiger partial charge in [0.15, 0.2) is 0 Å². The molecule has 1 heterocycles. The van der Waals surface area contributed by atoms with Crippen LogP contribution in [0.5, 0.6) is 0 Å². The first-order valence-electron chi connectivity index (χ1n) is 10.9. The minimum atomic E-state index is -1.24. The summed E-state index contributed by atoms with van der Waals surface area (Å²) in [5.74, 6) is -2.31. The number of hydrogen-bond donors (Lipinski definition) is 1. The van der Waals surface area contributed by atoms with Crippen LogP contribution < -0.4 is 10.2 Å². The predicted octanol–water partition coefficient (Wildman–Crippen LogP) is 4.59. The molecule has 1 atom stereocenters. The average Bonchev–Trinajstić information content (AvgIpc) is 2.84. The van der Waals surface area contributed by atoms with Gasteiger partial charge in [-0.05, 0) is 42.7 Å². The lowest BCUT2D eigenvalue weighted by atomic mass is 9.94. The van der Waals surface area contributed by atoms with Crippen molar-refractivity contribution in [1.82, 2.24) is 15.3 Å². The average molecular weight is 450 g/mol. The molecule has 0 aliphatic heterocycles. The second kappa shape index (κ2) is 10.3. The third-order valence-corrected chi connectivity index (χ3v) is 5.76. The lowest BCUT2D eigenvalue weighted by Gasteiger charge is -2.33. The maximum absolute atomic E-state index is 15.0. The lowest BCUT2D eigenvalue weighted by Crippen LogP contribution is -2.47. The molecule has 4 rings (SSSR count). The van der Waals surface area contributed by atoms with Gasteiger partial charge in [-0.25, -0.2) is 13.8 Å². The molecule has 2 amide bonds. The molecule has 6 nitrogen and oxygen atoms in total. The van der Waals surface area contributed by atoms with Crippen molar-refractivity contribution in [2.75, 3.05) is 4.90 Å². The second-order valence-electron chi connectivity index (χ2n) is 8.01. The molecule has 33 heavy (non-hydrogen) atoms. The van der Waals surface area contributed by atoms with Gasteiger partial charge in [-0.3, -0.25) is 19.5 Å². The number of anilines is 1. The Bertz CT molecular complexity index is 1100. The Morgan fingerprint density at radius 2 is 1.70 bits per heavy atom. The Labute approximate surface area is 190 Å². The van der Waals surface area contributed by atoms with Crippen molar-refractivity contribution in [3.63, 3.8) is 0 Å². The smallest absolute Gasteiger partial charge is 0.279 e. The zero-order valence-corrected chi connectivity index (χ0v) is 18.0. The largest absolute Gasteiger partial charge is 0.351 e. The van der Waals surface area contributed by atoms with E-state index in [0.717, 1.165) is 37.0 Å². The number of amides is 2. The third-order valence-electron chi connectivity index (χ3n) is 5.76. The van der Waals surface area contributed by atoms with E-state index in [9.17, 15) is 18.4 Å². The van der Waals surface area contributed by atoms with Crippen molar-refractivity contribution in [3.05, 3.63) is 90.0 Å². The van der Waals surface area contributed by atoms with Crippen molar-refractivity contribution < 1.29 is 18.4 Å². The highest BCUT2D eigenvalue weighted by atomic mass is 19.1. The minimum absolute atomic E-state index is 0.0386. The first-order valence-corrected chi connectivity index (χ1v) is 10.9. The molecule has 1 aliphatic rings. The fourth-order valence-electron chi connectivity index (χ4n) is 4.14. The standard InChI is InChI=1S/C25H24F2N4O2/c26-18-12-10-17(11-13-18)23(24(32)30-19-6-2-1-3-7-19)31(22-9-5-4-8-20(22)27)25(33)21-16-28-14-15-29-21/h4-5,8-16,19,23H,1-3,6-7H2,(H,30,32). The number of halogens is 2. The van der Waals surface area contributed by atoms with Crippen LogP contribution in [0.1, 0.15) is 54.2 Å². The molecule has 1 aliphatic carbocycles. The van der Waals surface area contributed by atoms with Crippen LogP contribution in [-0.4, -0.2) is 27.8 Å². The van der Waals surface area contributed by atoms with Gasteiger partial charge in [0, 0.05) is 18.4 Å². The molecule has 1 aromatic heterocycles. The van der Waals surface area contributed by atoms with Crippen LogP contribution in [0.2, 0.25) is 0 Å². The highest BCUT2D eigenvalue weighted by Gasteiger charge is 2.36. The summed E-state index contributed by atoms with van der Waals surface area (Å²) >= 11 is 0. The van der Waals surface area contributed by atoms with E-state index < -0.39 is 29.5 Å². The Hall–Kier alpha value is -3.68. The Balaban J connectivity index is 1.81. The number of benzene rings is 2. The van der Waals surface area contributed by atoms with E-state index in [1.54, 1.807) is 6.07 Å². The van der Waals surface area contributed by atoms with E-state index in [1.807, 2.05) is 0 Å². The van der Waals surface area contributed by atoms with E-state index >= 15 is 0 Å². The number of carbonyl (C=O) groups is 2. The first kappa shape index (κ1) is 22.5. The molecule has 0 bridgehead atoms. The molecule has 8 heteroatoms. The van der Waals surface area contributed by atoms with Crippen LogP contribution in [-0.2, 0) is 4.79 Å². The summed E-state index contributed by atoms with van der Waals surface area (Å²) in [7, 11) is 0. The van der Waals surface area contributed by atoms with Gasteiger partial charge < -0.3 is 5.32 Å². The summed E-state index contributed by atoms with van der Waals surface area (Å²) in [5.41, 5.74) is 0.227. The summed E-state index contributed by atoms with van der Waals surface area (Å²) in [5, 5.41) is 3.02. The zero-order chi connectivity index (χ0) is 23.2. The molecule has 170 valence electrons. The normalized spacial score (nSPS) is 15.0. The van der Waals surface area contributed by atoms with Gasteiger partial charge >= 0.3 is 0 Å². The Morgan fingerprint density at radius 3 is 2.36 bits per heavy atom. The molecule has 0 spiro atoms. The maximum atomic E-state index is 15.0. The summed E-state index contributed by atoms with van der Waals surface area (Å²) in [4.78, 5) is 36.2. The number of nitrogens with one attached hydrogen (secondary N) is 1. The van der Waals surface area contributed by atoms with Crippen LogP contribution in [0.4, 0.5) is 14.5 Å².